The van der Waals surface area contributed by atoms with Gasteiger partial charge in [0.1, 0.15) is 0 Å². The van der Waals surface area contributed by atoms with Crippen LogP contribution in [0.4, 0.5) is 0 Å². The molecule has 0 radical (unpaired) electrons. The van der Waals surface area contributed by atoms with Crippen molar-refractivity contribution in [1.82, 2.24) is 0 Å². The van der Waals surface area contributed by atoms with E-state index in [-0.39, 0.29) is 0 Å². The highest BCUT2D eigenvalue weighted by molar-refractivity contribution is 5.23. The van der Waals surface area contributed by atoms with Crippen molar-refractivity contribution in [2.24, 2.45) is 0 Å². The number of hydrogen-bond donors (Lipinski definition) is 0. The van der Waals surface area contributed by atoms with Crippen molar-refractivity contribution in [3.05, 3.63) is 71.3 Å². The summed E-state index contributed by atoms with van der Waals surface area (Å²) < 4.78 is 0. The second-order valence-corrected chi connectivity index (χ2v) is 6.34. The Balaban J connectivity index is 0.000000331. The van der Waals surface area contributed by atoms with Gasteiger partial charge >= 0.3 is 0 Å². The number of hydrogen-bond acceptors (Lipinski definition) is 0. The first kappa shape index (κ1) is 22.4. The summed E-state index contributed by atoms with van der Waals surface area (Å²) in [7, 11) is 0. The van der Waals surface area contributed by atoms with Gasteiger partial charge in [-0.1, -0.05) is 114 Å². The monoisotopic (exact) mass is 326 g/mol. The van der Waals surface area contributed by atoms with Crippen molar-refractivity contribution in [2.75, 3.05) is 0 Å². The predicted octanol–water partition coefficient (Wildman–Crippen LogP) is 7.92. The minimum atomic E-state index is 1.14. The summed E-state index contributed by atoms with van der Waals surface area (Å²) in [6.45, 7) is 10.9. The molecule has 0 saturated heterocycles. The predicted molar refractivity (Wildman–Crippen MR) is 111 cm³/mol. The largest absolute Gasteiger partial charge is 0.0654 e. The van der Waals surface area contributed by atoms with Crippen LogP contribution in [0.5, 0.6) is 0 Å². The van der Waals surface area contributed by atoms with Gasteiger partial charge in [0, 0.05) is 0 Å². The standard InChI is InChI=1S/2C8H10.C8H18/c1-7-5-3-4-6-8(7)2;1-2-8-6-4-3-5-7-8;1-3-5-7-8-6-4-2/h3-6H,1-2H3;3-7H,2H2,1H3;3-8H2,1-2H3. The van der Waals surface area contributed by atoms with E-state index in [0.29, 0.717) is 0 Å². The third kappa shape index (κ3) is 12.9. The van der Waals surface area contributed by atoms with Crippen LogP contribution < -0.4 is 0 Å². The maximum absolute atomic E-state index is 2.26. The highest BCUT2D eigenvalue weighted by Gasteiger charge is 1.84. The zero-order valence-electron chi connectivity index (χ0n) is 16.6. The topological polar surface area (TPSA) is 0 Å². The van der Waals surface area contributed by atoms with Crippen LogP contribution >= 0.6 is 0 Å². The minimum absolute atomic E-state index is 1.14. The van der Waals surface area contributed by atoms with E-state index in [4.69, 9.17) is 0 Å². The molecule has 0 fully saturated rings. The van der Waals surface area contributed by atoms with E-state index in [0.717, 1.165) is 6.42 Å². The summed E-state index contributed by atoms with van der Waals surface area (Å²) >= 11 is 0. The third-order valence-corrected chi connectivity index (χ3v) is 4.13. The first-order valence-electron chi connectivity index (χ1n) is 9.71. The SMILES string of the molecule is CCCCCCCC.CCc1ccccc1.Cc1ccccc1C. The molecule has 24 heavy (non-hydrogen) atoms. The lowest BCUT2D eigenvalue weighted by Gasteiger charge is -1.93. The molecule has 0 aliphatic heterocycles. The molecule has 0 atom stereocenters. The van der Waals surface area contributed by atoms with Gasteiger partial charge in [-0.15, -0.1) is 0 Å². The summed E-state index contributed by atoms with van der Waals surface area (Å²) in [5, 5.41) is 0. The lowest BCUT2D eigenvalue weighted by molar-refractivity contribution is 0.624. The van der Waals surface area contributed by atoms with Gasteiger partial charge in [-0.25, -0.2) is 0 Å². The van der Waals surface area contributed by atoms with Gasteiger partial charge in [-0.3, -0.25) is 0 Å². The first-order chi connectivity index (χ1) is 11.7. The molecule has 0 heterocycles. The highest BCUT2D eigenvalue weighted by Crippen LogP contribution is 2.03. The zero-order valence-corrected chi connectivity index (χ0v) is 16.6. The van der Waals surface area contributed by atoms with Gasteiger partial charge in [0.2, 0.25) is 0 Å². The molecule has 0 N–H and O–H groups in total. The number of benzene rings is 2. The summed E-state index contributed by atoms with van der Waals surface area (Å²) in [5.41, 5.74) is 4.15. The Kier molecular flexibility index (Phi) is 15.2. The van der Waals surface area contributed by atoms with Crippen molar-refractivity contribution in [1.29, 1.82) is 0 Å². The molecule has 0 bridgehead atoms. The molecule has 0 aliphatic rings. The van der Waals surface area contributed by atoms with Crippen molar-refractivity contribution in [2.45, 2.75) is 79.6 Å². The maximum Gasteiger partial charge on any atom is -0.0307 e. The zero-order chi connectivity index (χ0) is 18.0. The molecule has 2 aromatic rings. The molecule has 0 amide bonds. The van der Waals surface area contributed by atoms with Crippen LogP contribution in [0.2, 0.25) is 0 Å². The summed E-state index contributed by atoms with van der Waals surface area (Å²) in [4.78, 5) is 0. The summed E-state index contributed by atoms with van der Waals surface area (Å²) in [6, 6.07) is 18.8. The van der Waals surface area contributed by atoms with Crippen LogP contribution in [0.3, 0.4) is 0 Å². The minimum Gasteiger partial charge on any atom is -0.0654 e. The average molecular weight is 327 g/mol. The lowest BCUT2D eigenvalue weighted by atomic mass is 10.1. The lowest BCUT2D eigenvalue weighted by Crippen LogP contribution is -1.74. The summed E-state index contributed by atoms with van der Waals surface area (Å²) in [6.07, 6.45) is 9.63. The van der Waals surface area contributed by atoms with E-state index < -0.39 is 0 Å². The molecule has 0 heteroatoms. The molecule has 0 spiro atoms. The molecule has 0 saturated carbocycles. The first-order valence-corrected chi connectivity index (χ1v) is 9.71. The Labute approximate surface area is 151 Å². The van der Waals surface area contributed by atoms with Gasteiger partial charge in [0.05, 0.1) is 0 Å². The fraction of sp³-hybridized carbons (Fsp3) is 0.500. The Morgan fingerprint density at radius 2 is 0.958 bits per heavy atom. The van der Waals surface area contributed by atoms with E-state index in [9.17, 15) is 0 Å². The van der Waals surface area contributed by atoms with Gasteiger partial charge < -0.3 is 0 Å². The molecular formula is C24H38. The summed E-state index contributed by atoms with van der Waals surface area (Å²) in [5.74, 6) is 0. The molecule has 134 valence electrons. The Morgan fingerprint density at radius 3 is 1.25 bits per heavy atom. The van der Waals surface area contributed by atoms with E-state index in [1.807, 2.05) is 6.07 Å². The fourth-order valence-electron chi connectivity index (χ4n) is 2.23. The molecule has 0 nitrogen and oxygen atoms in total. The molecule has 2 rings (SSSR count). The number of unbranched alkanes of at least 4 members (excludes halogenated alkanes) is 5. The molecule has 0 aromatic heterocycles. The molecule has 0 aliphatic carbocycles. The van der Waals surface area contributed by atoms with Crippen LogP contribution in [0.25, 0.3) is 0 Å². The average Bonchev–Trinajstić information content (AvgIpc) is 2.63. The van der Waals surface area contributed by atoms with Crippen molar-refractivity contribution in [3.8, 4) is 0 Å². The van der Waals surface area contributed by atoms with Crippen LogP contribution in [-0.2, 0) is 6.42 Å². The van der Waals surface area contributed by atoms with Crippen molar-refractivity contribution < 1.29 is 0 Å². The maximum atomic E-state index is 2.26. The van der Waals surface area contributed by atoms with Gasteiger partial charge in [0.15, 0.2) is 0 Å². The number of rotatable bonds is 6. The van der Waals surface area contributed by atoms with E-state index in [2.05, 4.69) is 83.1 Å². The fourth-order valence-corrected chi connectivity index (χ4v) is 2.23. The second-order valence-electron chi connectivity index (χ2n) is 6.34. The van der Waals surface area contributed by atoms with Crippen LogP contribution in [0.1, 0.15) is 76.0 Å². The normalized spacial score (nSPS) is 9.38. The van der Waals surface area contributed by atoms with E-state index >= 15 is 0 Å². The van der Waals surface area contributed by atoms with Crippen LogP contribution in [0, 0.1) is 13.8 Å². The highest BCUT2D eigenvalue weighted by atomic mass is 13.9. The second kappa shape index (κ2) is 16.3. The van der Waals surface area contributed by atoms with E-state index in [1.165, 1.54) is 55.2 Å². The molecule has 0 unspecified atom stereocenters. The Hall–Kier alpha value is -1.56. The Morgan fingerprint density at radius 1 is 0.542 bits per heavy atom. The van der Waals surface area contributed by atoms with Gasteiger partial charge in [-0.2, -0.15) is 0 Å². The van der Waals surface area contributed by atoms with Crippen molar-refractivity contribution >= 4 is 0 Å². The van der Waals surface area contributed by atoms with Gasteiger partial charge in [0.25, 0.3) is 0 Å². The number of aryl methyl sites for hydroxylation is 3. The van der Waals surface area contributed by atoms with Crippen LogP contribution in [0.15, 0.2) is 54.6 Å². The van der Waals surface area contributed by atoms with Crippen LogP contribution in [-0.4, -0.2) is 0 Å². The quantitative estimate of drug-likeness (QED) is 0.473. The third-order valence-electron chi connectivity index (χ3n) is 4.13. The van der Waals surface area contributed by atoms with E-state index in [1.54, 1.807) is 0 Å². The smallest absolute Gasteiger partial charge is 0.0307 e. The van der Waals surface area contributed by atoms with Gasteiger partial charge in [-0.05, 0) is 37.0 Å². The molecular weight excluding hydrogens is 288 g/mol. The van der Waals surface area contributed by atoms with Crippen molar-refractivity contribution in [3.63, 3.8) is 0 Å². The molecule has 2 aromatic carbocycles. The Bertz CT molecular complexity index is 457.